The Balaban J connectivity index is 2.23. The molecule has 1 fully saturated rings. The number of hydrogen-bond donors (Lipinski definition) is 0. The summed E-state index contributed by atoms with van der Waals surface area (Å²) in [5, 5.41) is 0. The highest BCUT2D eigenvalue weighted by Crippen LogP contribution is 2.13. The molecule has 1 saturated heterocycles. The number of hydrogen-bond acceptors (Lipinski definition) is 2. The predicted molar refractivity (Wildman–Crippen MR) is 57.8 cm³/mol. The number of unbranched alkanes of at least 4 members (excludes halogenated alkanes) is 1. The van der Waals surface area contributed by atoms with Crippen LogP contribution in [0.25, 0.3) is 0 Å². The van der Waals surface area contributed by atoms with Crippen LogP contribution in [0.3, 0.4) is 0 Å². The SMILES string of the molecule is CCCCN1C[C@H](C)N(CCC)C1. The summed E-state index contributed by atoms with van der Waals surface area (Å²) in [4.78, 5) is 5.18. The third-order valence-electron chi connectivity index (χ3n) is 2.87. The molecule has 2 nitrogen and oxygen atoms in total. The molecule has 1 rings (SSSR count). The Labute approximate surface area is 82.9 Å². The van der Waals surface area contributed by atoms with Crippen molar-refractivity contribution in [3.63, 3.8) is 0 Å². The van der Waals surface area contributed by atoms with E-state index in [-0.39, 0.29) is 0 Å². The molecular weight excluding hydrogens is 160 g/mol. The van der Waals surface area contributed by atoms with Gasteiger partial charge in [0.25, 0.3) is 0 Å². The Hall–Kier alpha value is -0.0800. The van der Waals surface area contributed by atoms with Gasteiger partial charge in [-0.1, -0.05) is 20.3 Å². The van der Waals surface area contributed by atoms with E-state index in [0.717, 1.165) is 6.04 Å². The lowest BCUT2D eigenvalue weighted by molar-refractivity contribution is 0.226. The summed E-state index contributed by atoms with van der Waals surface area (Å²) < 4.78 is 0. The zero-order valence-electron chi connectivity index (χ0n) is 9.42. The Morgan fingerprint density at radius 3 is 2.54 bits per heavy atom. The fraction of sp³-hybridized carbons (Fsp3) is 1.00. The third-order valence-corrected chi connectivity index (χ3v) is 2.87. The van der Waals surface area contributed by atoms with Gasteiger partial charge in [-0.2, -0.15) is 0 Å². The topological polar surface area (TPSA) is 6.48 Å². The molecule has 1 atom stereocenters. The molecule has 1 heterocycles. The van der Waals surface area contributed by atoms with Gasteiger partial charge in [-0.05, 0) is 32.9 Å². The molecule has 13 heavy (non-hydrogen) atoms. The minimum atomic E-state index is 0.775. The molecule has 0 amide bonds. The highest BCUT2D eigenvalue weighted by molar-refractivity contribution is 4.78. The summed E-state index contributed by atoms with van der Waals surface area (Å²) in [7, 11) is 0. The van der Waals surface area contributed by atoms with Crippen molar-refractivity contribution in [2.24, 2.45) is 0 Å². The van der Waals surface area contributed by atoms with Gasteiger partial charge in [0.05, 0.1) is 6.67 Å². The van der Waals surface area contributed by atoms with E-state index < -0.39 is 0 Å². The van der Waals surface area contributed by atoms with Crippen LogP contribution >= 0.6 is 0 Å². The van der Waals surface area contributed by atoms with Crippen LogP contribution < -0.4 is 0 Å². The highest BCUT2D eigenvalue weighted by Gasteiger charge is 2.24. The van der Waals surface area contributed by atoms with Gasteiger partial charge in [0, 0.05) is 12.6 Å². The maximum atomic E-state index is 2.59. The average Bonchev–Trinajstić information content (AvgIpc) is 2.45. The zero-order valence-corrected chi connectivity index (χ0v) is 9.42. The molecule has 0 saturated carbocycles. The summed E-state index contributed by atoms with van der Waals surface area (Å²) in [6, 6.07) is 0.775. The lowest BCUT2D eigenvalue weighted by Crippen LogP contribution is -2.29. The second-order valence-corrected chi connectivity index (χ2v) is 4.23. The van der Waals surface area contributed by atoms with Crippen molar-refractivity contribution in [1.82, 2.24) is 9.80 Å². The summed E-state index contributed by atoms with van der Waals surface area (Å²) in [6.45, 7) is 11.9. The van der Waals surface area contributed by atoms with Crippen LogP contribution in [-0.2, 0) is 0 Å². The molecular formula is C11H24N2. The van der Waals surface area contributed by atoms with Gasteiger partial charge >= 0.3 is 0 Å². The molecule has 0 radical (unpaired) electrons. The Morgan fingerprint density at radius 2 is 1.92 bits per heavy atom. The van der Waals surface area contributed by atoms with Crippen LogP contribution in [0.5, 0.6) is 0 Å². The van der Waals surface area contributed by atoms with Crippen molar-refractivity contribution in [3.8, 4) is 0 Å². The first-order valence-corrected chi connectivity index (χ1v) is 5.74. The number of nitrogens with zero attached hydrogens (tertiary/aromatic N) is 2. The first-order valence-electron chi connectivity index (χ1n) is 5.74. The molecule has 0 bridgehead atoms. The van der Waals surface area contributed by atoms with Crippen LogP contribution in [0, 0.1) is 0 Å². The molecule has 0 spiro atoms. The Kier molecular flexibility index (Phi) is 4.74. The summed E-state index contributed by atoms with van der Waals surface area (Å²) in [5.41, 5.74) is 0. The van der Waals surface area contributed by atoms with E-state index in [9.17, 15) is 0 Å². The molecule has 0 aromatic carbocycles. The Morgan fingerprint density at radius 1 is 1.15 bits per heavy atom. The quantitative estimate of drug-likeness (QED) is 0.646. The smallest absolute Gasteiger partial charge is 0.0509 e. The van der Waals surface area contributed by atoms with Crippen LogP contribution in [-0.4, -0.2) is 42.1 Å². The zero-order chi connectivity index (χ0) is 9.68. The fourth-order valence-corrected chi connectivity index (χ4v) is 2.07. The molecule has 1 aliphatic rings. The summed E-state index contributed by atoms with van der Waals surface area (Å²) in [6.07, 6.45) is 3.96. The van der Waals surface area contributed by atoms with E-state index in [4.69, 9.17) is 0 Å². The highest BCUT2D eigenvalue weighted by atomic mass is 15.4. The standard InChI is InChI=1S/C11H24N2/c1-4-6-8-12-9-11(3)13(10-12)7-5-2/h11H,4-10H2,1-3H3/t11-/m0/s1. The van der Waals surface area contributed by atoms with Crippen LogP contribution in [0.15, 0.2) is 0 Å². The van der Waals surface area contributed by atoms with Gasteiger partial charge in [-0.15, -0.1) is 0 Å². The minimum Gasteiger partial charge on any atom is -0.289 e. The molecule has 1 aliphatic heterocycles. The molecule has 0 aliphatic carbocycles. The van der Waals surface area contributed by atoms with Crippen LogP contribution in [0.4, 0.5) is 0 Å². The third kappa shape index (κ3) is 3.28. The van der Waals surface area contributed by atoms with Gasteiger partial charge < -0.3 is 0 Å². The molecule has 0 N–H and O–H groups in total. The van der Waals surface area contributed by atoms with E-state index in [1.165, 1.54) is 45.6 Å². The minimum absolute atomic E-state index is 0.775. The fourth-order valence-electron chi connectivity index (χ4n) is 2.07. The van der Waals surface area contributed by atoms with Gasteiger partial charge in [-0.25, -0.2) is 0 Å². The van der Waals surface area contributed by atoms with Crippen molar-refractivity contribution >= 4 is 0 Å². The van der Waals surface area contributed by atoms with E-state index in [1.807, 2.05) is 0 Å². The second-order valence-electron chi connectivity index (χ2n) is 4.23. The summed E-state index contributed by atoms with van der Waals surface area (Å²) >= 11 is 0. The first-order chi connectivity index (χ1) is 6.27. The van der Waals surface area contributed by atoms with Crippen molar-refractivity contribution in [3.05, 3.63) is 0 Å². The normalized spacial score (nSPS) is 25.6. The molecule has 0 unspecified atom stereocenters. The number of rotatable bonds is 5. The summed E-state index contributed by atoms with van der Waals surface area (Å²) in [5.74, 6) is 0. The Bertz CT molecular complexity index is 136. The van der Waals surface area contributed by atoms with Crippen molar-refractivity contribution in [2.45, 2.75) is 46.1 Å². The van der Waals surface area contributed by atoms with E-state index >= 15 is 0 Å². The maximum absolute atomic E-state index is 2.59. The maximum Gasteiger partial charge on any atom is 0.0509 e. The van der Waals surface area contributed by atoms with Gasteiger partial charge in [0.15, 0.2) is 0 Å². The van der Waals surface area contributed by atoms with E-state index in [1.54, 1.807) is 0 Å². The largest absolute Gasteiger partial charge is 0.289 e. The first kappa shape index (κ1) is 11.0. The predicted octanol–water partition coefficient (Wildman–Crippen LogP) is 2.16. The molecule has 0 aromatic rings. The van der Waals surface area contributed by atoms with Crippen molar-refractivity contribution in [2.75, 3.05) is 26.3 Å². The monoisotopic (exact) mass is 184 g/mol. The van der Waals surface area contributed by atoms with Crippen LogP contribution in [0.2, 0.25) is 0 Å². The van der Waals surface area contributed by atoms with Gasteiger partial charge in [-0.3, -0.25) is 9.80 Å². The van der Waals surface area contributed by atoms with Gasteiger partial charge in [0.2, 0.25) is 0 Å². The lowest BCUT2D eigenvalue weighted by atomic mass is 10.3. The average molecular weight is 184 g/mol. The van der Waals surface area contributed by atoms with Gasteiger partial charge in [0.1, 0.15) is 0 Å². The van der Waals surface area contributed by atoms with Crippen LogP contribution in [0.1, 0.15) is 40.0 Å². The lowest BCUT2D eigenvalue weighted by Gasteiger charge is -2.19. The molecule has 0 aromatic heterocycles. The van der Waals surface area contributed by atoms with E-state index in [0.29, 0.717) is 0 Å². The van der Waals surface area contributed by atoms with Crippen molar-refractivity contribution < 1.29 is 0 Å². The van der Waals surface area contributed by atoms with Crippen molar-refractivity contribution in [1.29, 1.82) is 0 Å². The second kappa shape index (κ2) is 5.61. The molecule has 2 heteroatoms. The van der Waals surface area contributed by atoms with E-state index in [2.05, 4.69) is 30.6 Å². The molecule has 78 valence electrons.